The highest BCUT2D eigenvalue weighted by molar-refractivity contribution is 7.14. The fraction of sp³-hybridized carbons (Fsp3) is 0.227. The predicted molar refractivity (Wildman–Crippen MR) is 116 cm³/mol. The number of hydrogen-bond donors (Lipinski definition) is 2. The Morgan fingerprint density at radius 3 is 2.50 bits per heavy atom. The van der Waals surface area contributed by atoms with Crippen molar-refractivity contribution >= 4 is 34.2 Å². The van der Waals surface area contributed by atoms with Gasteiger partial charge >= 0.3 is 6.09 Å². The number of aromatic nitrogens is 1. The summed E-state index contributed by atoms with van der Waals surface area (Å²) in [6.07, 6.45) is -0.382. The summed E-state index contributed by atoms with van der Waals surface area (Å²) in [6, 6.07) is 13.1. The van der Waals surface area contributed by atoms with Crippen molar-refractivity contribution in [1.29, 1.82) is 0 Å². The molecule has 0 atom stereocenters. The Morgan fingerprint density at radius 1 is 1.10 bits per heavy atom. The average molecular weight is 428 g/mol. The second kappa shape index (κ2) is 9.04. The van der Waals surface area contributed by atoms with E-state index in [2.05, 4.69) is 15.6 Å². The molecule has 1 heterocycles. The molecule has 0 unspecified atom stereocenters. The number of benzene rings is 2. The third-order valence-electron chi connectivity index (χ3n) is 3.83. The normalized spacial score (nSPS) is 11.1. The number of halogens is 1. The van der Waals surface area contributed by atoms with Crippen molar-refractivity contribution in [2.45, 2.75) is 32.8 Å². The molecule has 0 spiro atoms. The summed E-state index contributed by atoms with van der Waals surface area (Å²) in [5.41, 5.74) is 2.04. The van der Waals surface area contributed by atoms with Crippen molar-refractivity contribution < 1.29 is 18.7 Å². The number of rotatable bonds is 5. The molecule has 1 aromatic heterocycles. The Bertz CT molecular complexity index is 1040. The number of thiazole rings is 1. The molecule has 30 heavy (non-hydrogen) atoms. The van der Waals surface area contributed by atoms with Crippen LogP contribution in [0.5, 0.6) is 0 Å². The number of anilines is 2. The van der Waals surface area contributed by atoms with Crippen molar-refractivity contribution in [2.24, 2.45) is 0 Å². The zero-order valence-electron chi connectivity index (χ0n) is 16.9. The molecule has 0 aliphatic heterocycles. The maximum absolute atomic E-state index is 13.4. The quantitative estimate of drug-likeness (QED) is 0.565. The lowest BCUT2D eigenvalue weighted by Gasteiger charge is -2.19. The SMILES string of the molecule is CC(C)(C)OC(=O)Nc1ccc(CC(=O)Nc2nc(-c3cccc(F)c3)cs2)cc1. The van der Waals surface area contributed by atoms with Crippen LogP contribution in [-0.4, -0.2) is 22.6 Å². The molecule has 0 radical (unpaired) electrons. The predicted octanol–water partition coefficient (Wildman–Crippen LogP) is 5.48. The van der Waals surface area contributed by atoms with Gasteiger partial charge in [0.1, 0.15) is 11.4 Å². The summed E-state index contributed by atoms with van der Waals surface area (Å²) < 4.78 is 18.6. The molecule has 156 valence electrons. The van der Waals surface area contributed by atoms with Gasteiger partial charge < -0.3 is 10.1 Å². The molecule has 0 saturated heterocycles. The first-order chi connectivity index (χ1) is 14.2. The maximum Gasteiger partial charge on any atom is 0.412 e. The Labute approximate surface area is 178 Å². The van der Waals surface area contributed by atoms with Crippen LogP contribution in [0.3, 0.4) is 0 Å². The van der Waals surface area contributed by atoms with Crippen LogP contribution >= 0.6 is 11.3 Å². The van der Waals surface area contributed by atoms with Crippen molar-refractivity contribution in [3.63, 3.8) is 0 Å². The van der Waals surface area contributed by atoms with E-state index in [9.17, 15) is 14.0 Å². The Balaban J connectivity index is 1.55. The number of carbonyl (C=O) groups excluding carboxylic acids is 2. The zero-order chi connectivity index (χ0) is 21.7. The lowest BCUT2D eigenvalue weighted by Crippen LogP contribution is -2.27. The van der Waals surface area contributed by atoms with E-state index in [1.54, 1.807) is 62.5 Å². The van der Waals surface area contributed by atoms with E-state index in [1.807, 2.05) is 0 Å². The topological polar surface area (TPSA) is 80.3 Å². The minimum atomic E-state index is -0.577. The highest BCUT2D eigenvalue weighted by atomic mass is 32.1. The Morgan fingerprint density at radius 2 is 1.83 bits per heavy atom. The van der Waals surface area contributed by atoms with Crippen molar-refractivity contribution in [2.75, 3.05) is 10.6 Å². The van der Waals surface area contributed by atoms with Crippen LogP contribution in [0.25, 0.3) is 11.3 Å². The molecule has 2 amide bonds. The summed E-state index contributed by atoms with van der Waals surface area (Å²) in [4.78, 5) is 28.4. The molecule has 2 aromatic carbocycles. The highest BCUT2D eigenvalue weighted by Crippen LogP contribution is 2.25. The molecular formula is C22H22FN3O3S. The van der Waals surface area contributed by atoms with E-state index in [0.29, 0.717) is 22.1 Å². The summed E-state index contributed by atoms with van der Waals surface area (Å²) in [6.45, 7) is 5.37. The van der Waals surface area contributed by atoms with E-state index in [1.165, 1.54) is 23.5 Å². The van der Waals surface area contributed by atoms with Gasteiger partial charge in [-0.05, 0) is 50.6 Å². The van der Waals surface area contributed by atoms with Crippen molar-refractivity contribution in [1.82, 2.24) is 4.98 Å². The average Bonchev–Trinajstić information content (AvgIpc) is 3.10. The molecule has 0 bridgehead atoms. The second-order valence-corrected chi connectivity index (χ2v) is 8.46. The van der Waals surface area contributed by atoms with Gasteiger partial charge in [0.2, 0.25) is 5.91 Å². The van der Waals surface area contributed by atoms with Crippen LogP contribution in [0.4, 0.5) is 20.0 Å². The molecule has 8 heteroatoms. The molecule has 0 aliphatic carbocycles. The minimum Gasteiger partial charge on any atom is -0.444 e. The fourth-order valence-electron chi connectivity index (χ4n) is 2.59. The lowest BCUT2D eigenvalue weighted by atomic mass is 10.1. The van der Waals surface area contributed by atoms with Crippen LogP contribution in [0, 0.1) is 5.82 Å². The highest BCUT2D eigenvalue weighted by Gasteiger charge is 2.16. The van der Waals surface area contributed by atoms with Crippen LogP contribution < -0.4 is 10.6 Å². The Hall–Kier alpha value is -3.26. The molecule has 6 nitrogen and oxygen atoms in total. The number of hydrogen-bond acceptors (Lipinski definition) is 5. The van der Waals surface area contributed by atoms with Gasteiger partial charge in [0, 0.05) is 16.6 Å². The van der Waals surface area contributed by atoms with E-state index in [4.69, 9.17) is 4.74 Å². The van der Waals surface area contributed by atoms with Gasteiger partial charge in [0.25, 0.3) is 0 Å². The van der Waals surface area contributed by atoms with Gasteiger partial charge in [0.15, 0.2) is 5.13 Å². The van der Waals surface area contributed by atoms with Crippen LogP contribution in [-0.2, 0) is 16.0 Å². The number of carbonyl (C=O) groups is 2. The van der Waals surface area contributed by atoms with Crippen LogP contribution in [0.1, 0.15) is 26.3 Å². The molecule has 0 saturated carbocycles. The van der Waals surface area contributed by atoms with E-state index < -0.39 is 11.7 Å². The number of amides is 2. The van der Waals surface area contributed by atoms with E-state index in [0.717, 1.165) is 5.56 Å². The molecule has 0 fully saturated rings. The largest absolute Gasteiger partial charge is 0.444 e. The second-order valence-electron chi connectivity index (χ2n) is 7.60. The fourth-order valence-corrected chi connectivity index (χ4v) is 3.32. The van der Waals surface area contributed by atoms with Gasteiger partial charge in [-0.1, -0.05) is 24.3 Å². The van der Waals surface area contributed by atoms with E-state index >= 15 is 0 Å². The summed E-state index contributed by atoms with van der Waals surface area (Å²) >= 11 is 1.28. The van der Waals surface area contributed by atoms with Gasteiger partial charge in [-0.25, -0.2) is 14.2 Å². The lowest BCUT2D eigenvalue weighted by molar-refractivity contribution is -0.115. The number of ether oxygens (including phenoxy) is 1. The minimum absolute atomic E-state index is 0.154. The summed E-state index contributed by atoms with van der Waals surface area (Å²) in [7, 11) is 0. The summed E-state index contributed by atoms with van der Waals surface area (Å²) in [5, 5.41) is 7.61. The maximum atomic E-state index is 13.4. The van der Waals surface area contributed by atoms with E-state index in [-0.39, 0.29) is 18.1 Å². The monoisotopic (exact) mass is 427 g/mol. The smallest absolute Gasteiger partial charge is 0.412 e. The van der Waals surface area contributed by atoms with Gasteiger partial charge in [-0.2, -0.15) is 0 Å². The first-order valence-electron chi connectivity index (χ1n) is 9.28. The molecule has 3 aromatic rings. The molecule has 0 aliphatic rings. The van der Waals surface area contributed by atoms with Gasteiger partial charge in [-0.3, -0.25) is 10.1 Å². The summed E-state index contributed by atoms with van der Waals surface area (Å²) in [5.74, 6) is -0.557. The molecular weight excluding hydrogens is 405 g/mol. The van der Waals surface area contributed by atoms with Crippen LogP contribution in [0.2, 0.25) is 0 Å². The standard InChI is InChI=1S/C22H22FN3O3S/c1-22(2,3)29-21(28)24-17-9-7-14(8-10-17)11-19(27)26-20-25-18(13-30-20)15-5-4-6-16(23)12-15/h4-10,12-13H,11H2,1-3H3,(H,24,28)(H,25,26,27). The number of nitrogens with zero attached hydrogens (tertiary/aromatic N) is 1. The van der Waals surface area contributed by atoms with Crippen LogP contribution in [0.15, 0.2) is 53.9 Å². The first kappa shape index (κ1) is 21.4. The molecule has 2 N–H and O–H groups in total. The van der Waals surface area contributed by atoms with Crippen molar-refractivity contribution in [3.8, 4) is 11.3 Å². The third-order valence-corrected chi connectivity index (χ3v) is 4.59. The van der Waals surface area contributed by atoms with Crippen molar-refractivity contribution in [3.05, 3.63) is 65.3 Å². The zero-order valence-corrected chi connectivity index (χ0v) is 17.7. The molecule has 3 rings (SSSR count). The number of nitrogens with one attached hydrogen (secondary N) is 2. The third kappa shape index (κ3) is 6.38. The first-order valence-corrected chi connectivity index (χ1v) is 10.2. The van der Waals surface area contributed by atoms with Gasteiger partial charge in [-0.15, -0.1) is 11.3 Å². The Kier molecular flexibility index (Phi) is 6.47. The van der Waals surface area contributed by atoms with Gasteiger partial charge in [0.05, 0.1) is 12.1 Å².